The van der Waals surface area contributed by atoms with E-state index in [-0.39, 0.29) is 12.1 Å². The van der Waals surface area contributed by atoms with Gasteiger partial charge in [0.25, 0.3) is 0 Å². The number of nitrogens with zero attached hydrogens (tertiary/aromatic N) is 2. The average Bonchev–Trinajstić information content (AvgIpc) is 2.75. The molecule has 1 fully saturated rings. The molecule has 0 spiro atoms. The van der Waals surface area contributed by atoms with Gasteiger partial charge in [-0.15, -0.1) is 0 Å². The molecule has 1 amide bonds. The summed E-state index contributed by atoms with van der Waals surface area (Å²) in [5.41, 5.74) is 0. The van der Waals surface area contributed by atoms with Crippen molar-refractivity contribution in [3.05, 3.63) is 0 Å². The molecule has 0 aromatic heterocycles. The van der Waals surface area contributed by atoms with Gasteiger partial charge in [-0.1, -0.05) is 20.8 Å². The SMILES string of the molecule is CCC1NCC(=O)N1C(C)CCCN(CC)CC. The van der Waals surface area contributed by atoms with Crippen LogP contribution in [-0.2, 0) is 4.79 Å². The van der Waals surface area contributed by atoms with Crippen molar-refractivity contribution in [2.24, 2.45) is 0 Å². The lowest BCUT2D eigenvalue weighted by molar-refractivity contribution is -0.130. The van der Waals surface area contributed by atoms with Crippen molar-refractivity contribution in [1.82, 2.24) is 15.1 Å². The summed E-state index contributed by atoms with van der Waals surface area (Å²) in [6.07, 6.45) is 3.51. The molecule has 106 valence electrons. The van der Waals surface area contributed by atoms with E-state index in [1.54, 1.807) is 0 Å². The van der Waals surface area contributed by atoms with E-state index in [0.717, 1.165) is 32.5 Å². The lowest BCUT2D eigenvalue weighted by Crippen LogP contribution is -2.43. The smallest absolute Gasteiger partial charge is 0.238 e. The fourth-order valence-corrected chi connectivity index (χ4v) is 2.75. The average molecular weight is 255 g/mol. The molecule has 2 atom stereocenters. The van der Waals surface area contributed by atoms with Gasteiger partial charge < -0.3 is 9.80 Å². The Hall–Kier alpha value is -0.610. The molecule has 0 radical (unpaired) electrons. The Kier molecular flexibility index (Phi) is 6.65. The quantitative estimate of drug-likeness (QED) is 0.716. The molecule has 1 heterocycles. The maximum Gasteiger partial charge on any atom is 0.238 e. The van der Waals surface area contributed by atoms with E-state index >= 15 is 0 Å². The number of rotatable bonds is 8. The standard InChI is InChI=1S/C14H29N3O/c1-5-13-15-11-14(18)17(13)12(4)9-8-10-16(6-2)7-3/h12-13,15H,5-11H2,1-4H3. The van der Waals surface area contributed by atoms with Gasteiger partial charge in [-0.2, -0.15) is 0 Å². The Morgan fingerprint density at radius 2 is 2.06 bits per heavy atom. The summed E-state index contributed by atoms with van der Waals surface area (Å²) in [6, 6.07) is 0.355. The largest absolute Gasteiger partial charge is 0.323 e. The first-order chi connectivity index (χ1) is 8.63. The fourth-order valence-electron chi connectivity index (χ4n) is 2.75. The Labute approximate surface area is 112 Å². The van der Waals surface area contributed by atoms with Crippen LogP contribution in [0.5, 0.6) is 0 Å². The predicted molar refractivity (Wildman–Crippen MR) is 75.4 cm³/mol. The van der Waals surface area contributed by atoms with Crippen LogP contribution in [0.3, 0.4) is 0 Å². The highest BCUT2D eigenvalue weighted by Gasteiger charge is 2.32. The number of nitrogens with one attached hydrogen (secondary N) is 1. The van der Waals surface area contributed by atoms with Crippen LogP contribution in [-0.4, -0.2) is 54.1 Å². The van der Waals surface area contributed by atoms with E-state index in [4.69, 9.17) is 0 Å². The van der Waals surface area contributed by atoms with Crippen molar-refractivity contribution in [3.8, 4) is 0 Å². The van der Waals surface area contributed by atoms with Crippen LogP contribution < -0.4 is 5.32 Å². The van der Waals surface area contributed by atoms with Crippen molar-refractivity contribution < 1.29 is 4.79 Å². The first-order valence-electron chi connectivity index (χ1n) is 7.40. The predicted octanol–water partition coefficient (Wildman–Crippen LogP) is 1.66. The monoisotopic (exact) mass is 255 g/mol. The molecule has 2 unspecified atom stereocenters. The van der Waals surface area contributed by atoms with E-state index in [0.29, 0.717) is 12.6 Å². The second kappa shape index (κ2) is 7.74. The molecule has 0 aromatic rings. The molecule has 1 N–H and O–H groups in total. The molecular weight excluding hydrogens is 226 g/mol. The maximum absolute atomic E-state index is 11.8. The second-order valence-corrected chi connectivity index (χ2v) is 5.12. The number of hydrogen-bond donors (Lipinski definition) is 1. The topological polar surface area (TPSA) is 35.6 Å². The summed E-state index contributed by atoms with van der Waals surface area (Å²) >= 11 is 0. The molecule has 0 bridgehead atoms. The molecule has 1 aliphatic heterocycles. The first kappa shape index (κ1) is 15.4. The van der Waals surface area contributed by atoms with E-state index in [2.05, 4.69) is 37.9 Å². The molecule has 1 aliphatic rings. The van der Waals surface area contributed by atoms with E-state index < -0.39 is 0 Å². The van der Waals surface area contributed by atoms with Crippen molar-refractivity contribution in [1.29, 1.82) is 0 Å². The first-order valence-corrected chi connectivity index (χ1v) is 7.40. The summed E-state index contributed by atoms with van der Waals surface area (Å²) in [4.78, 5) is 16.3. The summed E-state index contributed by atoms with van der Waals surface area (Å²) < 4.78 is 0. The van der Waals surface area contributed by atoms with Gasteiger partial charge in [0, 0.05) is 6.04 Å². The van der Waals surface area contributed by atoms with E-state index in [1.165, 1.54) is 6.42 Å². The van der Waals surface area contributed by atoms with Gasteiger partial charge in [0.15, 0.2) is 0 Å². The summed E-state index contributed by atoms with van der Waals surface area (Å²) in [5, 5.41) is 3.27. The Bertz CT molecular complexity index is 253. The normalized spacial score (nSPS) is 21.9. The fraction of sp³-hybridized carbons (Fsp3) is 0.929. The van der Waals surface area contributed by atoms with Crippen LogP contribution >= 0.6 is 0 Å². The zero-order chi connectivity index (χ0) is 13.5. The Morgan fingerprint density at radius 1 is 1.39 bits per heavy atom. The molecule has 4 nitrogen and oxygen atoms in total. The van der Waals surface area contributed by atoms with Gasteiger partial charge in [-0.05, 0) is 45.8 Å². The Balaban J connectivity index is 2.35. The van der Waals surface area contributed by atoms with Crippen LogP contribution in [0.4, 0.5) is 0 Å². The maximum atomic E-state index is 11.8. The van der Waals surface area contributed by atoms with Gasteiger partial charge in [-0.25, -0.2) is 0 Å². The number of amides is 1. The van der Waals surface area contributed by atoms with Gasteiger partial charge in [-0.3, -0.25) is 10.1 Å². The molecule has 1 saturated heterocycles. The third-order valence-corrected chi connectivity index (χ3v) is 3.96. The van der Waals surface area contributed by atoms with Crippen LogP contribution in [0.1, 0.15) is 47.0 Å². The third kappa shape index (κ3) is 3.95. The number of hydrogen-bond acceptors (Lipinski definition) is 3. The highest BCUT2D eigenvalue weighted by atomic mass is 16.2. The van der Waals surface area contributed by atoms with Gasteiger partial charge in [0.05, 0.1) is 12.7 Å². The highest BCUT2D eigenvalue weighted by Crippen LogP contribution is 2.16. The third-order valence-electron chi connectivity index (χ3n) is 3.96. The zero-order valence-corrected chi connectivity index (χ0v) is 12.4. The minimum Gasteiger partial charge on any atom is -0.323 e. The van der Waals surface area contributed by atoms with Crippen LogP contribution in [0, 0.1) is 0 Å². The van der Waals surface area contributed by atoms with Crippen LogP contribution in [0.25, 0.3) is 0 Å². The zero-order valence-electron chi connectivity index (χ0n) is 12.4. The lowest BCUT2D eigenvalue weighted by atomic mass is 10.1. The molecular formula is C14H29N3O. The van der Waals surface area contributed by atoms with Crippen molar-refractivity contribution in [3.63, 3.8) is 0 Å². The molecule has 18 heavy (non-hydrogen) atoms. The Morgan fingerprint density at radius 3 is 2.61 bits per heavy atom. The highest BCUT2D eigenvalue weighted by molar-refractivity contribution is 5.80. The summed E-state index contributed by atoms with van der Waals surface area (Å²) in [7, 11) is 0. The number of carbonyl (C=O) groups is 1. The van der Waals surface area contributed by atoms with Crippen molar-refractivity contribution >= 4 is 5.91 Å². The van der Waals surface area contributed by atoms with Crippen molar-refractivity contribution in [2.75, 3.05) is 26.2 Å². The van der Waals surface area contributed by atoms with Gasteiger partial charge in [0.2, 0.25) is 5.91 Å². The second-order valence-electron chi connectivity index (χ2n) is 5.12. The molecule has 0 aromatic carbocycles. The summed E-state index contributed by atoms with van der Waals surface area (Å²) in [6.45, 7) is 12.6. The van der Waals surface area contributed by atoms with Crippen LogP contribution in [0.15, 0.2) is 0 Å². The number of carbonyl (C=O) groups excluding carboxylic acids is 1. The van der Waals surface area contributed by atoms with Crippen molar-refractivity contribution in [2.45, 2.75) is 59.2 Å². The van der Waals surface area contributed by atoms with E-state index in [1.807, 2.05) is 4.90 Å². The van der Waals surface area contributed by atoms with Gasteiger partial charge >= 0.3 is 0 Å². The molecule has 4 heteroatoms. The minimum absolute atomic E-state index is 0.251. The lowest BCUT2D eigenvalue weighted by Gasteiger charge is -2.30. The molecule has 0 aliphatic carbocycles. The minimum atomic E-state index is 0.251. The molecule has 1 rings (SSSR count). The van der Waals surface area contributed by atoms with Crippen LogP contribution in [0.2, 0.25) is 0 Å². The van der Waals surface area contributed by atoms with Gasteiger partial charge in [0.1, 0.15) is 0 Å². The van der Waals surface area contributed by atoms with E-state index in [9.17, 15) is 4.79 Å². The summed E-state index contributed by atoms with van der Waals surface area (Å²) in [5.74, 6) is 0.261. The molecule has 0 saturated carbocycles.